The van der Waals surface area contributed by atoms with Gasteiger partial charge >= 0.3 is 0 Å². The first-order chi connectivity index (χ1) is 4.33. The van der Waals surface area contributed by atoms with Crippen LogP contribution in [0.15, 0.2) is 23.7 Å². The van der Waals surface area contributed by atoms with E-state index in [2.05, 4.69) is 5.32 Å². The van der Waals surface area contributed by atoms with Crippen LogP contribution >= 0.6 is 0 Å². The molecular weight excluding hydrogens is 117 g/mol. The lowest BCUT2D eigenvalue weighted by atomic mass is 10.1. The number of allylic oxidation sites excluding steroid dienone is 4. The van der Waals surface area contributed by atoms with Gasteiger partial charge in [0, 0.05) is 12.7 Å². The molecule has 0 saturated carbocycles. The summed E-state index contributed by atoms with van der Waals surface area (Å²) in [6.07, 6.45) is 4.88. The Balaban J connectivity index is 2.63. The van der Waals surface area contributed by atoms with Gasteiger partial charge in [0.05, 0.1) is 0 Å². The highest BCUT2D eigenvalue weighted by Gasteiger charge is 2.00. The van der Waals surface area contributed by atoms with Crippen molar-refractivity contribution in [1.82, 2.24) is 5.32 Å². The molecule has 0 saturated heterocycles. The number of hydrogen-bond acceptors (Lipinski definition) is 1. The average molecular weight is 127 g/mol. The molecule has 0 fully saturated rings. The molecule has 0 aliphatic heterocycles. The molecule has 0 aromatic carbocycles. The first-order valence-electron chi connectivity index (χ1n) is 3.07. The molecule has 0 heterocycles. The van der Waals surface area contributed by atoms with Crippen molar-refractivity contribution in [2.45, 2.75) is 12.8 Å². The molecule has 0 atom stereocenters. The van der Waals surface area contributed by atoms with Crippen LogP contribution in [0.25, 0.3) is 0 Å². The second-order valence-corrected chi connectivity index (χ2v) is 2.05. The number of rotatable bonds is 1. The third kappa shape index (κ3) is 1.56. The summed E-state index contributed by atoms with van der Waals surface area (Å²) in [7, 11) is 1.81. The van der Waals surface area contributed by atoms with E-state index in [1.807, 2.05) is 7.05 Å². The highest BCUT2D eigenvalue weighted by atomic mass is 19.1. The van der Waals surface area contributed by atoms with Crippen molar-refractivity contribution in [3.05, 3.63) is 23.7 Å². The number of hydrogen-bond donors (Lipinski definition) is 1. The zero-order chi connectivity index (χ0) is 6.69. The van der Waals surface area contributed by atoms with Gasteiger partial charge in [0.2, 0.25) is 0 Å². The molecule has 0 spiro atoms. The summed E-state index contributed by atoms with van der Waals surface area (Å²) in [4.78, 5) is 0. The van der Waals surface area contributed by atoms with E-state index >= 15 is 0 Å². The summed E-state index contributed by atoms with van der Waals surface area (Å²) in [5.74, 6) is -0.120. The van der Waals surface area contributed by atoms with Crippen LogP contribution in [-0.4, -0.2) is 7.05 Å². The van der Waals surface area contributed by atoms with Gasteiger partial charge in [-0.3, -0.25) is 0 Å². The molecule has 0 aromatic rings. The maximum atomic E-state index is 12.4. The van der Waals surface area contributed by atoms with E-state index in [1.165, 1.54) is 6.08 Å². The molecule has 0 amide bonds. The monoisotopic (exact) mass is 127 g/mol. The first kappa shape index (κ1) is 6.33. The average Bonchev–Trinajstić information content (AvgIpc) is 1.88. The Morgan fingerprint density at radius 3 is 2.89 bits per heavy atom. The van der Waals surface area contributed by atoms with E-state index in [4.69, 9.17) is 0 Å². The molecule has 50 valence electrons. The molecule has 1 N–H and O–H groups in total. The van der Waals surface area contributed by atoms with E-state index in [1.54, 1.807) is 6.08 Å². The summed E-state index contributed by atoms with van der Waals surface area (Å²) in [5, 5.41) is 2.91. The summed E-state index contributed by atoms with van der Waals surface area (Å²) >= 11 is 0. The molecule has 1 aliphatic carbocycles. The minimum absolute atomic E-state index is 0.120. The van der Waals surface area contributed by atoms with Crippen molar-refractivity contribution in [2.75, 3.05) is 7.05 Å². The van der Waals surface area contributed by atoms with Gasteiger partial charge in [-0.15, -0.1) is 0 Å². The highest BCUT2D eigenvalue weighted by Crippen LogP contribution is 2.14. The Morgan fingerprint density at radius 1 is 1.67 bits per heavy atom. The molecule has 0 radical (unpaired) electrons. The molecule has 0 bridgehead atoms. The molecule has 1 rings (SSSR count). The van der Waals surface area contributed by atoms with E-state index in [0.29, 0.717) is 0 Å². The smallest absolute Gasteiger partial charge is 0.120 e. The van der Waals surface area contributed by atoms with Gasteiger partial charge in [-0.2, -0.15) is 0 Å². The molecule has 9 heavy (non-hydrogen) atoms. The lowest BCUT2D eigenvalue weighted by molar-refractivity contribution is 0.640. The lowest BCUT2D eigenvalue weighted by Crippen LogP contribution is -2.07. The predicted octanol–water partition coefficient (Wildman–Crippen LogP) is 1.74. The van der Waals surface area contributed by atoms with Crippen LogP contribution < -0.4 is 5.32 Å². The van der Waals surface area contributed by atoms with Gasteiger partial charge in [-0.25, -0.2) is 4.39 Å². The third-order valence-corrected chi connectivity index (χ3v) is 1.39. The van der Waals surface area contributed by atoms with Crippen molar-refractivity contribution in [2.24, 2.45) is 0 Å². The van der Waals surface area contributed by atoms with Crippen molar-refractivity contribution in [1.29, 1.82) is 0 Å². The van der Waals surface area contributed by atoms with Crippen LogP contribution in [0.5, 0.6) is 0 Å². The quantitative estimate of drug-likeness (QED) is 0.565. The largest absolute Gasteiger partial charge is 0.391 e. The van der Waals surface area contributed by atoms with Crippen LogP contribution in [0.2, 0.25) is 0 Å². The van der Waals surface area contributed by atoms with Crippen molar-refractivity contribution in [3.63, 3.8) is 0 Å². The standard InChI is InChI=1S/C7H10FN/c1-9-7-4-2-3-6(8)5-7/h3,5,9H,2,4H2,1H3. The summed E-state index contributed by atoms with van der Waals surface area (Å²) in [6.45, 7) is 0. The predicted molar refractivity (Wildman–Crippen MR) is 35.6 cm³/mol. The van der Waals surface area contributed by atoms with Gasteiger partial charge in [0.15, 0.2) is 0 Å². The molecular formula is C7H10FN. The first-order valence-corrected chi connectivity index (χ1v) is 3.07. The van der Waals surface area contributed by atoms with Gasteiger partial charge in [0.1, 0.15) is 5.83 Å². The van der Waals surface area contributed by atoms with Crippen molar-refractivity contribution >= 4 is 0 Å². The van der Waals surface area contributed by atoms with E-state index < -0.39 is 0 Å². The fourth-order valence-corrected chi connectivity index (χ4v) is 0.860. The Kier molecular flexibility index (Phi) is 1.88. The zero-order valence-electron chi connectivity index (χ0n) is 5.45. The van der Waals surface area contributed by atoms with Gasteiger partial charge < -0.3 is 5.32 Å². The normalized spacial score (nSPS) is 18.4. The number of nitrogens with one attached hydrogen (secondary N) is 1. The molecule has 2 heteroatoms. The Hall–Kier alpha value is -0.790. The van der Waals surface area contributed by atoms with E-state index in [9.17, 15) is 4.39 Å². The van der Waals surface area contributed by atoms with Crippen LogP contribution in [-0.2, 0) is 0 Å². The van der Waals surface area contributed by atoms with E-state index in [0.717, 1.165) is 18.5 Å². The summed E-state index contributed by atoms with van der Waals surface area (Å²) in [5.41, 5.74) is 0.981. The SMILES string of the molecule is CNC1=CC(F)=CCC1. The molecule has 0 aromatic heterocycles. The van der Waals surface area contributed by atoms with Gasteiger partial charge in [-0.1, -0.05) is 0 Å². The fraction of sp³-hybridized carbons (Fsp3) is 0.429. The summed E-state index contributed by atoms with van der Waals surface area (Å²) < 4.78 is 12.4. The Morgan fingerprint density at radius 2 is 2.44 bits per heavy atom. The molecule has 1 nitrogen and oxygen atoms in total. The minimum Gasteiger partial charge on any atom is -0.391 e. The second-order valence-electron chi connectivity index (χ2n) is 2.05. The van der Waals surface area contributed by atoms with Crippen LogP contribution in [0.4, 0.5) is 4.39 Å². The third-order valence-electron chi connectivity index (χ3n) is 1.39. The van der Waals surface area contributed by atoms with Gasteiger partial charge in [-0.05, 0) is 25.0 Å². The van der Waals surface area contributed by atoms with Crippen molar-refractivity contribution in [3.8, 4) is 0 Å². The van der Waals surface area contributed by atoms with Crippen LogP contribution in [0.1, 0.15) is 12.8 Å². The lowest BCUT2D eigenvalue weighted by Gasteiger charge is -2.07. The van der Waals surface area contributed by atoms with Crippen LogP contribution in [0.3, 0.4) is 0 Å². The topological polar surface area (TPSA) is 12.0 Å². The maximum absolute atomic E-state index is 12.4. The molecule has 0 unspecified atom stereocenters. The Labute approximate surface area is 54.3 Å². The van der Waals surface area contributed by atoms with Crippen LogP contribution in [0, 0.1) is 0 Å². The number of halogens is 1. The zero-order valence-corrected chi connectivity index (χ0v) is 5.45. The summed E-state index contributed by atoms with van der Waals surface area (Å²) in [6, 6.07) is 0. The van der Waals surface area contributed by atoms with Crippen molar-refractivity contribution < 1.29 is 4.39 Å². The van der Waals surface area contributed by atoms with Gasteiger partial charge in [0.25, 0.3) is 0 Å². The highest BCUT2D eigenvalue weighted by molar-refractivity contribution is 5.21. The second kappa shape index (κ2) is 2.67. The minimum atomic E-state index is -0.120. The van der Waals surface area contributed by atoms with E-state index in [-0.39, 0.29) is 5.83 Å². The fourth-order valence-electron chi connectivity index (χ4n) is 0.860. The maximum Gasteiger partial charge on any atom is 0.120 e. The Bertz CT molecular complexity index is 158. The molecule has 1 aliphatic rings.